The third-order valence-electron chi connectivity index (χ3n) is 4.83. The van der Waals surface area contributed by atoms with Crippen molar-refractivity contribution in [2.24, 2.45) is 5.92 Å². The number of hydrogen-bond donors (Lipinski definition) is 1. The summed E-state index contributed by atoms with van der Waals surface area (Å²) in [6.45, 7) is 4.03. The fourth-order valence-electron chi connectivity index (χ4n) is 3.44. The van der Waals surface area contributed by atoms with E-state index in [0.29, 0.717) is 12.0 Å². The van der Waals surface area contributed by atoms with Crippen LogP contribution in [0.1, 0.15) is 46.3 Å². The summed E-state index contributed by atoms with van der Waals surface area (Å²) in [4.78, 5) is 12.9. The molecule has 0 amide bonds. The maximum Gasteiger partial charge on any atom is 0.169 e. The minimum Gasteiger partial charge on any atom is -0.384 e. The molecule has 0 unspecified atom stereocenters. The highest BCUT2D eigenvalue weighted by Crippen LogP contribution is 2.45. The Kier molecular flexibility index (Phi) is 3.88. The molecule has 3 rings (SSSR count). The smallest absolute Gasteiger partial charge is 0.169 e. The average Bonchev–Trinajstić information content (AvgIpc) is 2.91. The Labute approximate surface area is 131 Å². The summed E-state index contributed by atoms with van der Waals surface area (Å²) < 4.78 is 0. The largest absolute Gasteiger partial charge is 0.384 e. The van der Waals surface area contributed by atoms with Gasteiger partial charge in [0.2, 0.25) is 0 Å². The molecule has 2 atom stereocenters. The van der Waals surface area contributed by atoms with Crippen LogP contribution >= 0.6 is 0 Å². The van der Waals surface area contributed by atoms with Crippen molar-refractivity contribution in [2.45, 2.75) is 38.7 Å². The van der Waals surface area contributed by atoms with Crippen LogP contribution in [0, 0.1) is 19.8 Å². The Hall–Kier alpha value is -1.93. The second-order valence-corrected chi connectivity index (χ2v) is 6.47. The number of ketones is 1. The quantitative estimate of drug-likeness (QED) is 0.862. The van der Waals surface area contributed by atoms with E-state index in [1.807, 2.05) is 62.4 Å². The van der Waals surface area contributed by atoms with E-state index >= 15 is 0 Å². The van der Waals surface area contributed by atoms with Crippen molar-refractivity contribution in [1.29, 1.82) is 0 Å². The third kappa shape index (κ3) is 2.59. The van der Waals surface area contributed by atoms with Crippen LogP contribution in [0.15, 0.2) is 48.5 Å². The van der Waals surface area contributed by atoms with E-state index in [0.717, 1.165) is 29.5 Å². The summed E-state index contributed by atoms with van der Waals surface area (Å²) in [5.41, 5.74) is 2.82. The highest BCUT2D eigenvalue weighted by Gasteiger charge is 2.46. The lowest BCUT2D eigenvalue weighted by Crippen LogP contribution is -2.35. The van der Waals surface area contributed by atoms with Crippen LogP contribution in [0.3, 0.4) is 0 Å². The highest BCUT2D eigenvalue weighted by molar-refractivity contribution is 5.99. The molecule has 0 bridgehead atoms. The van der Waals surface area contributed by atoms with Crippen LogP contribution in [0.5, 0.6) is 0 Å². The molecule has 22 heavy (non-hydrogen) atoms. The van der Waals surface area contributed by atoms with E-state index in [-0.39, 0.29) is 11.7 Å². The summed E-state index contributed by atoms with van der Waals surface area (Å²) in [7, 11) is 0. The summed E-state index contributed by atoms with van der Waals surface area (Å²) in [6.07, 6.45) is 2.28. The van der Waals surface area contributed by atoms with Crippen LogP contribution < -0.4 is 0 Å². The minimum atomic E-state index is -1.03. The van der Waals surface area contributed by atoms with Crippen molar-refractivity contribution < 1.29 is 9.90 Å². The van der Waals surface area contributed by atoms with Crippen molar-refractivity contribution in [1.82, 2.24) is 0 Å². The zero-order valence-corrected chi connectivity index (χ0v) is 13.2. The van der Waals surface area contributed by atoms with E-state index in [1.165, 1.54) is 0 Å². The summed E-state index contributed by atoms with van der Waals surface area (Å²) in [5.74, 6) is -0.293. The lowest BCUT2D eigenvalue weighted by molar-refractivity contribution is 0.00311. The molecule has 1 aliphatic rings. The molecule has 1 fully saturated rings. The van der Waals surface area contributed by atoms with Gasteiger partial charge in [-0.15, -0.1) is 0 Å². The molecule has 1 aliphatic carbocycles. The molecule has 0 radical (unpaired) electrons. The molecule has 2 heteroatoms. The Morgan fingerprint density at radius 2 is 1.55 bits per heavy atom. The fraction of sp³-hybridized carbons (Fsp3) is 0.350. The Morgan fingerprint density at radius 3 is 2.14 bits per heavy atom. The first-order valence-corrected chi connectivity index (χ1v) is 7.91. The van der Waals surface area contributed by atoms with E-state index in [9.17, 15) is 9.90 Å². The molecule has 0 saturated heterocycles. The van der Waals surface area contributed by atoms with E-state index in [2.05, 4.69) is 0 Å². The van der Waals surface area contributed by atoms with Crippen LogP contribution in [0.4, 0.5) is 0 Å². The first-order valence-electron chi connectivity index (χ1n) is 7.91. The van der Waals surface area contributed by atoms with Gasteiger partial charge < -0.3 is 5.11 Å². The fourth-order valence-corrected chi connectivity index (χ4v) is 3.44. The summed E-state index contributed by atoms with van der Waals surface area (Å²) in [6, 6.07) is 15.5. The Balaban J connectivity index is 1.93. The van der Waals surface area contributed by atoms with Gasteiger partial charge in [0, 0.05) is 5.56 Å². The molecular formula is C20H22O2. The predicted molar refractivity (Wildman–Crippen MR) is 87.9 cm³/mol. The Bertz CT molecular complexity index is 670. The third-order valence-corrected chi connectivity index (χ3v) is 4.83. The number of carbonyl (C=O) groups is 1. The number of carbonyl (C=O) groups excluding carboxylic acids is 1. The van der Waals surface area contributed by atoms with Gasteiger partial charge in [-0.25, -0.2) is 0 Å². The molecule has 0 heterocycles. The number of hydrogen-bond acceptors (Lipinski definition) is 2. The molecular weight excluding hydrogens is 272 g/mol. The lowest BCUT2D eigenvalue weighted by Gasteiger charge is -2.30. The van der Waals surface area contributed by atoms with Gasteiger partial charge in [-0.05, 0) is 38.7 Å². The number of aliphatic hydroxyl groups is 1. The number of benzene rings is 2. The first kappa shape index (κ1) is 15.0. The SMILES string of the molecule is Cc1ccc(C(=O)[C@@H]2CCC[C@@]2(O)c2ccc(C)cc2)cc1. The Morgan fingerprint density at radius 1 is 1.00 bits per heavy atom. The van der Waals surface area contributed by atoms with Crippen molar-refractivity contribution in [3.05, 3.63) is 70.8 Å². The van der Waals surface area contributed by atoms with E-state index in [1.54, 1.807) is 0 Å². The molecule has 0 aliphatic heterocycles. The molecule has 0 aromatic heterocycles. The maximum absolute atomic E-state index is 12.9. The van der Waals surface area contributed by atoms with Crippen molar-refractivity contribution in [2.75, 3.05) is 0 Å². The molecule has 0 spiro atoms. The van der Waals surface area contributed by atoms with Gasteiger partial charge in [-0.3, -0.25) is 4.79 Å². The molecule has 2 aromatic carbocycles. The van der Waals surface area contributed by atoms with Gasteiger partial charge in [0.05, 0.1) is 11.5 Å². The van der Waals surface area contributed by atoms with Crippen LogP contribution in [-0.4, -0.2) is 10.9 Å². The normalized spacial score (nSPS) is 24.4. The van der Waals surface area contributed by atoms with Crippen molar-refractivity contribution in [3.8, 4) is 0 Å². The van der Waals surface area contributed by atoms with Gasteiger partial charge in [0.15, 0.2) is 5.78 Å². The number of aryl methyl sites for hydroxylation is 2. The first-order chi connectivity index (χ1) is 10.5. The van der Waals surface area contributed by atoms with Crippen molar-refractivity contribution >= 4 is 5.78 Å². The number of Topliss-reactive ketones (excluding diaryl/α,β-unsaturated/α-hetero) is 1. The lowest BCUT2D eigenvalue weighted by atomic mass is 9.79. The van der Waals surface area contributed by atoms with Gasteiger partial charge in [-0.1, -0.05) is 59.7 Å². The topological polar surface area (TPSA) is 37.3 Å². The second-order valence-electron chi connectivity index (χ2n) is 6.47. The standard InChI is InChI=1S/C20H22O2/c1-14-5-9-16(10-6-14)19(21)18-4-3-13-20(18,22)17-11-7-15(2)8-12-17/h5-12,18,22H,3-4,13H2,1-2H3/t18-,20+/m0/s1. The average molecular weight is 294 g/mol. The van der Waals surface area contributed by atoms with Crippen LogP contribution in [0.2, 0.25) is 0 Å². The van der Waals surface area contributed by atoms with Crippen LogP contribution in [0.25, 0.3) is 0 Å². The summed E-state index contributed by atoms with van der Waals surface area (Å²) >= 11 is 0. The van der Waals surface area contributed by atoms with Gasteiger partial charge >= 0.3 is 0 Å². The second kappa shape index (κ2) is 5.69. The molecule has 114 valence electrons. The molecule has 1 saturated carbocycles. The van der Waals surface area contributed by atoms with Gasteiger partial charge in [0.25, 0.3) is 0 Å². The van der Waals surface area contributed by atoms with Crippen LogP contribution in [-0.2, 0) is 5.60 Å². The molecule has 2 aromatic rings. The monoisotopic (exact) mass is 294 g/mol. The van der Waals surface area contributed by atoms with E-state index in [4.69, 9.17) is 0 Å². The summed E-state index contributed by atoms with van der Waals surface area (Å²) in [5, 5.41) is 11.2. The highest BCUT2D eigenvalue weighted by atomic mass is 16.3. The van der Waals surface area contributed by atoms with E-state index < -0.39 is 5.60 Å². The minimum absolute atomic E-state index is 0.0561. The molecule has 2 nitrogen and oxygen atoms in total. The van der Waals surface area contributed by atoms with Crippen molar-refractivity contribution in [3.63, 3.8) is 0 Å². The van der Waals surface area contributed by atoms with Gasteiger partial charge in [0.1, 0.15) is 0 Å². The zero-order valence-electron chi connectivity index (χ0n) is 13.2. The van der Waals surface area contributed by atoms with Gasteiger partial charge in [-0.2, -0.15) is 0 Å². The molecule has 1 N–H and O–H groups in total. The number of rotatable bonds is 3. The maximum atomic E-state index is 12.9. The zero-order chi connectivity index (χ0) is 15.7. The predicted octanol–water partition coefficient (Wildman–Crippen LogP) is 4.17.